The molecule has 1 aliphatic heterocycles. The average molecular weight is 251 g/mol. The first-order chi connectivity index (χ1) is 8.83. The Bertz CT molecular complexity index is 349. The fraction of sp³-hybridized carbons (Fsp3) is 0.846. The van der Waals surface area contributed by atoms with E-state index < -0.39 is 0 Å². The number of aryl methyl sites for hydroxylation is 1. The van der Waals surface area contributed by atoms with Crippen LogP contribution in [0.5, 0.6) is 0 Å². The molecule has 2 heterocycles. The quantitative estimate of drug-likeness (QED) is 0.827. The van der Waals surface area contributed by atoms with E-state index in [1.54, 1.807) is 6.33 Å². The van der Waals surface area contributed by atoms with Gasteiger partial charge in [-0.25, -0.2) is 9.67 Å². The van der Waals surface area contributed by atoms with E-state index in [0.29, 0.717) is 6.04 Å². The molecule has 18 heavy (non-hydrogen) atoms. The number of hydrogen-bond acceptors (Lipinski definition) is 4. The predicted octanol–water partition coefficient (Wildman–Crippen LogP) is 1.26. The monoisotopic (exact) mass is 251 g/mol. The largest absolute Gasteiger partial charge is 0.313 e. The lowest BCUT2D eigenvalue weighted by Gasteiger charge is -2.32. The number of aromatic nitrogens is 3. The molecule has 102 valence electrons. The molecule has 0 radical (unpaired) electrons. The van der Waals surface area contributed by atoms with E-state index in [2.05, 4.69) is 34.1 Å². The van der Waals surface area contributed by atoms with Gasteiger partial charge in [0.25, 0.3) is 0 Å². The van der Waals surface area contributed by atoms with Gasteiger partial charge in [0.15, 0.2) is 0 Å². The van der Waals surface area contributed by atoms with Crippen LogP contribution in [0.1, 0.15) is 38.9 Å². The first kappa shape index (κ1) is 13.5. The zero-order chi connectivity index (χ0) is 12.8. The Hall–Kier alpha value is -0.940. The number of nitrogens with zero attached hydrogens (tertiary/aromatic N) is 4. The summed E-state index contributed by atoms with van der Waals surface area (Å²) in [6.07, 6.45) is 5.45. The Balaban J connectivity index is 1.85. The van der Waals surface area contributed by atoms with Crippen molar-refractivity contribution in [3.8, 4) is 0 Å². The molecule has 1 fully saturated rings. The topological polar surface area (TPSA) is 46.0 Å². The van der Waals surface area contributed by atoms with Crippen LogP contribution < -0.4 is 5.32 Å². The second-order valence-corrected chi connectivity index (χ2v) is 5.02. The van der Waals surface area contributed by atoms with Crippen molar-refractivity contribution in [2.24, 2.45) is 0 Å². The summed E-state index contributed by atoms with van der Waals surface area (Å²) in [5.74, 6) is 1.09. The smallest absolute Gasteiger partial charge is 0.140 e. The zero-order valence-corrected chi connectivity index (χ0v) is 11.6. The maximum Gasteiger partial charge on any atom is 0.140 e. The summed E-state index contributed by atoms with van der Waals surface area (Å²) in [5, 5.41) is 7.86. The van der Waals surface area contributed by atoms with E-state index in [4.69, 9.17) is 0 Å². The standard InChI is InChI=1S/C13H25N5/c1-3-7-14-12-6-5-8-17(9-12)10-13-15-11-16-18(13)4-2/h11-12,14H,3-10H2,1-2H3. The number of hydrogen-bond donors (Lipinski definition) is 1. The molecule has 1 aromatic rings. The molecule has 1 N–H and O–H groups in total. The van der Waals surface area contributed by atoms with Crippen LogP contribution in [0.2, 0.25) is 0 Å². The highest BCUT2D eigenvalue weighted by Crippen LogP contribution is 2.12. The number of likely N-dealkylation sites (tertiary alicyclic amines) is 1. The van der Waals surface area contributed by atoms with Crippen molar-refractivity contribution in [1.29, 1.82) is 0 Å². The SMILES string of the molecule is CCCNC1CCCN(Cc2ncnn2CC)C1. The lowest BCUT2D eigenvalue weighted by molar-refractivity contribution is 0.177. The van der Waals surface area contributed by atoms with E-state index in [0.717, 1.165) is 32.0 Å². The lowest BCUT2D eigenvalue weighted by atomic mass is 10.1. The Labute approximate surface area is 110 Å². The van der Waals surface area contributed by atoms with E-state index in [-0.39, 0.29) is 0 Å². The van der Waals surface area contributed by atoms with E-state index in [1.807, 2.05) is 4.68 Å². The lowest BCUT2D eigenvalue weighted by Crippen LogP contribution is -2.45. The molecule has 1 atom stereocenters. The molecule has 0 spiro atoms. The molecule has 0 amide bonds. The summed E-state index contributed by atoms with van der Waals surface area (Å²) in [7, 11) is 0. The zero-order valence-electron chi connectivity index (χ0n) is 11.6. The second-order valence-electron chi connectivity index (χ2n) is 5.02. The van der Waals surface area contributed by atoms with Crippen LogP contribution in [-0.2, 0) is 13.1 Å². The van der Waals surface area contributed by atoms with Crippen LogP contribution in [-0.4, -0.2) is 45.3 Å². The van der Waals surface area contributed by atoms with E-state index >= 15 is 0 Å². The molecule has 0 bridgehead atoms. The van der Waals surface area contributed by atoms with Crippen molar-refractivity contribution in [3.05, 3.63) is 12.2 Å². The van der Waals surface area contributed by atoms with E-state index in [9.17, 15) is 0 Å². The fourth-order valence-electron chi connectivity index (χ4n) is 2.59. The van der Waals surface area contributed by atoms with Crippen molar-refractivity contribution in [1.82, 2.24) is 25.0 Å². The third-order valence-corrected chi connectivity index (χ3v) is 3.55. The Morgan fingerprint density at radius 1 is 1.44 bits per heavy atom. The molecular formula is C13H25N5. The van der Waals surface area contributed by atoms with Crippen molar-refractivity contribution >= 4 is 0 Å². The highest BCUT2D eigenvalue weighted by atomic mass is 15.3. The molecule has 1 unspecified atom stereocenters. The van der Waals surface area contributed by atoms with Crippen molar-refractivity contribution in [3.63, 3.8) is 0 Å². The van der Waals surface area contributed by atoms with Gasteiger partial charge in [-0.1, -0.05) is 6.92 Å². The highest BCUT2D eigenvalue weighted by Gasteiger charge is 2.20. The van der Waals surface area contributed by atoms with Gasteiger partial charge in [-0.15, -0.1) is 0 Å². The van der Waals surface area contributed by atoms with Crippen LogP contribution in [0.25, 0.3) is 0 Å². The predicted molar refractivity (Wildman–Crippen MR) is 72.3 cm³/mol. The molecule has 1 aliphatic rings. The van der Waals surface area contributed by atoms with Gasteiger partial charge in [-0.05, 0) is 39.3 Å². The third kappa shape index (κ3) is 3.53. The van der Waals surface area contributed by atoms with Crippen LogP contribution in [0.4, 0.5) is 0 Å². The Kier molecular flexibility index (Phi) is 5.13. The summed E-state index contributed by atoms with van der Waals surface area (Å²) in [5.41, 5.74) is 0. The van der Waals surface area contributed by atoms with Crippen LogP contribution in [0.15, 0.2) is 6.33 Å². The second kappa shape index (κ2) is 6.85. The third-order valence-electron chi connectivity index (χ3n) is 3.55. The average Bonchev–Trinajstić information content (AvgIpc) is 2.84. The summed E-state index contributed by atoms with van der Waals surface area (Å²) in [6.45, 7) is 9.61. The van der Waals surface area contributed by atoms with Crippen molar-refractivity contribution in [2.75, 3.05) is 19.6 Å². The van der Waals surface area contributed by atoms with Gasteiger partial charge in [-0.3, -0.25) is 4.90 Å². The van der Waals surface area contributed by atoms with E-state index in [1.165, 1.54) is 25.8 Å². The maximum atomic E-state index is 4.36. The Morgan fingerprint density at radius 2 is 2.33 bits per heavy atom. The minimum atomic E-state index is 0.650. The first-order valence-corrected chi connectivity index (χ1v) is 7.16. The number of piperidine rings is 1. The van der Waals surface area contributed by atoms with Crippen LogP contribution in [0.3, 0.4) is 0 Å². The van der Waals surface area contributed by atoms with Gasteiger partial charge in [0.2, 0.25) is 0 Å². The van der Waals surface area contributed by atoms with Gasteiger partial charge < -0.3 is 5.32 Å². The minimum absolute atomic E-state index is 0.650. The Morgan fingerprint density at radius 3 is 3.11 bits per heavy atom. The molecule has 0 aliphatic carbocycles. The van der Waals surface area contributed by atoms with Gasteiger partial charge in [0.05, 0.1) is 6.54 Å². The minimum Gasteiger partial charge on any atom is -0.313 e. The first-order valence-electron chi connectivity index (χ1n) is 7.16. The highest BCUT2D eigenvalue weighted by molar-refractivity contribution is 4.87. The van der Waals surface area contributed by atoms with Crippen molar-refractivity contribution < 1.29 is 0 Å². The summed E-state index contributed by atoms with van der Waals surface area (Å²) in [4.78, 5) is 6.85. The van der Waals surface area contributed by atoms with Gasteiger partial charge in [0, 0.05) is 19.1 Å². The molecule has 1 saturated heterocycles. The molecule has 0 saturated carbocycles. The van der Waals surface area contributed by atoms with Gasteiger partial charge in [-0.2, -0.15) is 5.10 Å². The normalized spacial score (nSPS) is 21.3. The van der Waals surface area contributed by atoms with Crippen LogP contribution in [0, 0.1) is 0 Å². The van der Waals surface area contributed by atoms with Crippen molar-refractivity contribution in [2.45, 2.75) is 52.2 Å². The molecule has 5 heteroatoms. The van der Waals surface area contributed by atoms with Gasteiger partial charge in [0.1, 0.15) is 12.2 Å². The number of nitrogens with one attached hydrogen (secondary N) is 1. The molecule has 5 nitrogen and oxygen atoms in total. The summed E-state index contributed by atoms with van der Waals surface area (Å²) in [6, 6.07) is 0.650. The van der Waals surface area contributed by atoms with Crippen LogP contribution >= 0.6 is 0 Å². The molecule has 2 rings (SSSR count). The molecular weight excluding hydrogens is 226 g/mol. The summed E-state index contributed by atoms with van der Waals surface area (Å²) < 4.78 is 1.99. The molecule has 0 aromatic carbocycles. The van der Waals surface area contributed by atoms with Gasteiger partial charge >= 0.3 is 0 Å². The molecule has 1 aromatic heterocycles. The maximum absolute atomic E-state index is 4.36. The number of rotatable bonds is 6. The summed E-state index contributed by atoms with van der Waals surface area (Å²) >= 11 is 0. The fourth-order valence-corrected chi connectivity index (χ4v) is 2.59.